The lowest BCUT2D eigenvalue weighted by Crippen LogP contribution is -2.43. The molecule has 0 spiro atoms. The molecule has 52 heavy (non-hydrogen) atoms. The number of nitrogens with two attached hydrogens (primary N) is 3. The summed E-state index contributed by atoms with van der Waals surface area (Å²) in [6, 6.07) is -0.696. The average Bonchev–Trinajstić information content (AvgIpc) is 3.13. The highest BCUT2D eigenvalue weighted by Gasteiger charge is 2.21. The number of nitrogens with zero attached hydrogens (tertiary/aromatic N) is 2. The highest BCUT2D eigenvalue weighted by molar-refractivity contribution is 5.95. The van der Waals surface area contributed by atoms with Crippen LogP contribution in [0.5, 0.6) is 0 Å². The minimum atomic E-state index is -0.696. The Morgan fingerprint density at radius 3 is 1.48 bits per heavy atom. The monoisotopic (exact) mass is 733 g/mol. The molecule has 0 radical (unpaired) electrons. The lowest BCUT2D eigenvalue weighted by Gasteiger charge is -2.21. The Bertz CT molecular complexity index is 905. The first kappa shape index (κ1) is 49.6. The molecule has 0 aliphatic heterocycles. The second-order valence-electron chi connectivity index (χ2n) is 15.0. The van der Waals surface area contributed by atoms with E-state index in [0.29, 0.717) is 32.4 Å². The average molecular weight is 733 g/mol. The van der Waals surface area contributed by atoms with Crippen molar-refractivity contribution in [1.82, 2.24) is 10.2 Å². The Morgan fingerprint density at radius 1 is 0.577 bits per heavy atom. The van der Waals surface area contributed by atoms with Crippen LogP contribution in [-0.4, -0.2) is 54.3 Å². The number of amides is 3. The Hall–Kier alpha value is -2.42. The molecular formula is C43H84N6O3. The van der Waals surface area contributed by atoms with E-state index in [-0.39, 0.29) is 36.6 Å². The molecule has 0 fully saturated rings. The highest BCUT2D eigenvalue weighted by atomic mass is 16.2. The highest BCUT2D eigenvalue weighted by Crippen LogP contribution is 2.15. The molecule has 0 aliphatic carbocycles. The van der Waals surface area contributed by atoms with Gasteiger partial charge in [-0.1, -0.05) is 161 Å². The standard InChI is InChI=1S/C43H84N6O3/c1-3-5-7-9-11-13-15-17-18-19-21-23-25-27-29-31-38-49(41(51)35-37-47-42(52)39(44)33-32-36-48-43(45)46)40(50)34-30-28-26-24-22-20-16-14-12-10-8-6-4-2/h17-18,39H,3-16,19-38,44H2,1-2H3,(H,47,52)(H4,45,46,48)/b18-17-/t39-/m0/s1. The molecule has 0 aromatic carbocycles. The van der Waals surface area contributed by atoms with Crippen LogP contribution in [0.1, 0.15) is 213 Å². The number of hydrogen-bond acceptors (Lipinski definition) is 5. The van der Waals surface area contributed by atoms with Crippen LogP contribution in [0.3, 0.4) is 0 Å². The van der Waals surface area contributed by atoms with E-state index < -0.39 is 6.04 Å². The van der Waals surface area contributed by atoms with Crippen molar-refractivity contribution in [2.24, 2.45) is 22.2 Å². The van der Waals surface area contributed by atoms with E-state index in [1.807, 2.05) is 0 Å². The van der Waals surface area contributed by atoms with Gasteiger partial charge < -0.3 is 22.5 Å². The molecule has 0 bridgehead atoms. The zero-order valence-electron chi connectivity index (χ0n) is 34.1. The minimum Gasteiger partial charge on any atom is -0.370 e. The number of nitrogens with one attached hydrogen (secondary N) is 1. The number of rotatable bonds is 38. The smallest absolute Gasteiger partial charge is 0.236 e. The molecule has 0 rings (SSSR count). The van der Waals surface area contributed by atoms with Gasteiger partial charge >= 0.3 is 0 Å². The quantitative estimate of drug-likeness (QED) is 0.0214. The lowest BCUT2D eigenvalue weighted by molar-refractivity contribution is -0.145. The maximum atomic E-state index is 13.2. The fourth-order valence-corrected chi connectivity index (χ4v) is 6.54. The molecule has 9 heteroatoms. The summed E-state index contributed by atoms with van der Waals surface area (Å²) < 4.78 is 0. The van der Waals surface area contributed by atoms with Crippen LogP contribution in [0.4, 0.5) is 0 Å². The van der Waals surface area contributed by atoms with E-state index in [0.717, 1.165) is 44.9 Å². The van der Waals surface area contributed by atoms with Crippen molar-refractivity contribution in [3.05, 3.63) is 12.2 Å². The van der Waals surface area contributed by atoms with Gasteiger partial charge in [-0.05, 0) is 51.4 Å². The predicted molar refractivity (Wildman–Crippen MR) is 222 cm³/mol. The number of guanidine groups is 1. The third-order valence-corrected chi connectivity index (χ3v) is 9.93. The number of carbonyl (C=O) groups is 3. The van der Waals surface area contributed by atoms with Gasteiger partial charge in [0.2, 0.25) is 17.7 Å². The normalized spacial score (nSPS) is 11.9. The summed E-state index contributed by atoms with van der Waals surface area (Å²) in [5.74, 6) is -0.588. The summed E-state index contributed by atoms with van der Waals surface area (Å²) in [6.07, 6.45) is 39.6. The molecule has 9 nitrogen and oxygen atoms in total. The van der Waals surface area contributed by atoms with Crippen LogP contribution >= 0.6 is 0 Å². The number of imide groups is 1. The molecule has 7 N–H and O–H groups in total. The molecule has 0 aromatic heterocycles. The third kappa shape index (κ3) is 33.4. The molecule has 1 atom stereocenters. The summed E-state index contributed by atoms with van der Waals surface area (Å²) in [5, 5.41) is 2.76. The van der Waals surface area contributed by atoms with Gasteiger partial charge in [-0.25, -0.2) is 0 Å². The van der Waals surface area contributed by atoms with Gasteiger partial charge in [0.25, 0.3) is 0 Å². The fourth-order valence-electron chi connectivity index (χ4n) is 6.54. The topological polar surface area (TPSA) is 157 Å². The van der Waals surface area contributed by atoms with Crippen LogP contribution in [0, 0.1) is 0 Å². The van der Waals surface area contributed by atoms with Crippen LogP contribution in [0.2, 0.25) is 0 Å². The minimum absolute atomic E-state index is 0.0157. The van der Waals surface area contributed by atoms with Crippen molar-refractivity contribution in [3.8, 4) is 0 Å². The molecule has 0 saturated carbocycles. The first-order valence-corrected chi connectivity index (χ1v) is 21.9. The van der Waals surface area contributed by atoms with Crippen LogP contribution in [-0.2, 0) is 14.4 Å². The molecule has 304 valence electrons. The Labute approximate surface area is 320 Å². The number of hydrogen-bond donors (Lipinski definition) is 4. The Balaban J connectivity index is 4.46. The summed E-state index contributed by atoms with van der Waals surface area (Å²) >= 11 is 0. The van der Waals surface area contributed by atoms with Gasteiger partial charge in [0.15, 0.2) is 5.96 Å². The van der Waals surface area contributed by atoms with Crippen molar-refractivity contribution < 1.29 is 14.4 Å². The number of unbranched alkanes of at least 4 members (excludes halogenated alkanes) is 24. The van der Waals surface area contributed by atoms with Crippen molar-refractivity contribution in [2.75, 3.05) is 19.6 Å². The second-order valence-corrected chi connectivity index (χ2v) is 15.0. The zero-order chi connectivity index (χ0) is 38.3. The molecule has 0 aromatic rings. The summed E-state index contributed by atoms with van der Waals surface area (Å²) in [6.45, 7) is 5.55. The zero-order valence-corrected chi connectivity index (χ0v) is 34.1. The largest absolute Gasteiger partial charge is 0.370 e. The predicted octanol–water partition coefficient (Wildman–Crippen LogP) is 9.75. The molecule has 0 aliphatic rings. The summed E-state index contributed by atoms with van der Waals surface area (Å²) in [7, 11) is 0. The van der Waals surface area contributed by atoms with Gasteiger partial charge in [-0.15, -0.1) is 0 Å². The van der Waals surface area contributed by atoms with Gasteiger partial charge in [0.1, 0.15) is 0 Å². The SMILES string of the molecule is CCCCCCCC/C=C\CCCCCCCCN(C(=O)CCCCCCCCCCCCCCC)C(=O)CCNC(=O)[C@@H](N)CCCN=C(N)N. The molecule has 0 unspecified atom stereocenters. The molecular weight excluding hydrogens is 649 g/mol. The van der Waals surface area contributed by atoms with E-state index >= 15 is 0 Å². The van der Waals surface area contributed by atoms with E-state index in [9.17, 15) is 14.4 Å². The number of carbonyl (C=O) groups excluding carboxylic acids is 3. The van der Waals surface area contributed by atoms with Gasteiger partial charge in [0, 0.05) is 32.5 Å². The summed E-state index contributed by atoms with van der Waals surface area (Å²) in [5.41, 5.74) is 16.7. The second kappa shape index (κ2) is 38.3. The maximum absolute atomic E-state index is 13.2. The Kier molecular flexibility index (Phi) is 36.5. The van der Waals surface area contributed by atoms with Crippen molar-refractivity contribution in [1.29, 1.82) is 0 Å². The Morgan fingerprint density at radius 2 is 1.00 bits per heavy atom. The van der Waals surface area contributed by atoms with E-state index in [4.69, 9.17) is 17.2 Å². The molecule has 0 saturated heterocycles. The molecule has 0 heterocycles. The fraction of sp³-hybridized carbons (Fsp3) is 0.860. The van der Waals surface area contributed by atoms with Crippen LogP contribution < -0.4 is 22.5 Å². The first-order chi connectivity index (χ1) is 25.3. The first-order valence-electron chi connectivity index (χ1n) is 21.9. The van der Waals surface area contributed by atoms with Crippen molar-refractivity contribution in [3.63, 3.8) is 0 Å². The van der Waals surface area contributed by atoms with E-state index in [2.05, 4.69) is 36.3 Å². The van der Waals surface area contributed by atoms with E-state index in [1.165, 1.54) is 133 Å². The van der Waals surface area contributed by atoms with Gasteiger partial charge in [0.05, 0.1) is 6.04 Å². The van der Waals surface area contributed by atoms with Gasteiger partial charge in [-0.3, -0.25) is 24.3 Å². The van der Waals surface area contributed by atoms with Crippen molar-refractivity contribution in [2.45, 2.75) is 219 Å². The summed E-state index contributed by atoms with van der Waals surface area (Å²) in [4.78, 5) is 44.2. The van der Waals surface area contributed by atoms with Crippen LogP contribution in [0.25, 0.3) is 0 Å². The van der Waals surface area contributed by atoms with Crippen molar-refractivity contribution >= 4 is 23.7 Å². The van der Waals surface area contributed by atoms with E-state index in [1.54, 1.807) is 0 Å². The van der Waals surface area contributed by atoms with Gasteiger partial charge in [-0.2, -0.15) is 0 Å². The maximum Gasteiger partial charge on any atom is 0.236 e. The number of aliphatic imine (C=N–C) groups is 1. The number of allylic oxidation sites excluding steroid dienone is 2. The van der Waals surface area contributed by atoms with Crippen LogP contribution in [0.15, 0.2) is 17.1 Å². The lowest BCUT2D eigenvalue weighted by atomic mass is 10.0. The molecule has 3 amide bonds. The third-order valence-electron chi connectivity index (χ3n) is 9.93.